The summed E-state index contributed by atoms with van der Waals surface area (Å²) in [6.45, 7) is 2.17. The van der Waals surface area contributed by atoms with E-state index in [1.807, 2.05) is 0 Å². The first-order chi connectivity index (χ1) is 5.16. The standard InChI is InChI=1S/C6H13NO4/c1-5(11-3-2-8)4-7-6(9)10/h5,7-8H,2-4H2,1H3,(H,9,10). The van der Waals surface area contributed by atoms with E-state index >= 15 is 0 Å². The van der Waals surface area contributed by atoms with E-state index in [1.54, 1.807) is 6.92 Å². The van der Waals surface area contributed by atoms with Gasteiger partial charge in [-0.15, -0.1) is 0 Å². The second-order valence-corrected chi connectivity index (χ2v) is 2.09. The van der Waals surface area contributed by atoms with Gasteiger partial charge in [-0.1, -0.05) is 0 Å². The first kappa shape index (κ1) is 10.2. The molecule has 0 aliphatic heterocycles. The van der Waals surface area contributed by atoms with Gasteiger partial charge in [0.05, 0.1) is 19.3 Å². The van der Waals surface area contributed by atoms with Gasteiger partial charge in [0.15, 0.2) is 0 Å². The maximum absolute atomic E-state index is 9.96. The molecular weight excluding hydrogens is 150 g/mol. The summed E-state index contributed by atoms with van der Waals surface area (Å²) in [5, 5.41) is 18.7. The monoisotopic (exact) mass is 163 g/mol. The molecule has 0 saturated carbocycles. The summed E-state index contributed by atoms with van der Waals surface area (Å²) >= 11 is 0. The highest BCUT2D eigenvalue weighted by atomic mass is 16.5. The van der Waals surface area contributed by atoms with Gasteiger partial charge in [0, 0.05) is 6.54 Å². The third-order valence-corrected chi connectivity index (χ3v) is 1.03. The van der Waals surface area contributed by atoms with Crippen LogP contribution in [0.5, 0.6) is 0 Å². The van der Waals surface area contributed by atoms with E-state index in [0.717, 1.165) is 0 Å². The zero-order valence-electron chi connectivity index (χ0n) is 6.41. The third kappa shape index (κ3) is 7.08. The highest BCUT2D eigenvalue weighted by molar-refractivity contribution is 5.64. The van der Waals surface area contributed by atoms with Crippen molar-refractivity contribution in [3.05, 3.63) is 0 Å². The van der Waals surface area contributed by atoms with Crippen molar-refractivity contribution in [3.63, 3.8) is 0 Å². The topological polar surface area (TPSA) is 78.8 Å². The van der Waals surface area contributed by atoms with E-state index < -0.39 is 6.09 Å². The lowest BCUT2D eigenvalue weighted by atomic mass is 10.4. The molecule has 1 unspecified atom stereocenters. The highest BCUT2D eigenvalue weighted by Crippen LogP contribution is 1.86. The van der Waals surface area contributed by atoms with Gasteiger partial charge in [0.2, 0.25) is 0 Å². The smallest absolute Gasteiger partial charge is 0.404 e. The minimum absolute atomic E-state index is 0.0442. The van der Waals surface area contributed by atoms with Crippen molar-refractivity contribution in [2.45, 2.75) is 13.0 Å². The lowest BCUT2D eigenvalue weighted by Crippen LogP contribution is -2.31. The molecule has 0 aromatic carbocycles. The summed E-state index contributed by atoms with van der Waals surface area (Å²) in [5.74, 6) is 0. The van der Waals surface area contributed by atoms with Gasteiger partial charge in [-0.2, -0.15) is 0 Å². The number of rotatable bonds is 5. The van der Waals surface area contributed by atoms with Gasteiger partial charge in [0.1, 0.15) is 0 Å². The van der Waals surface area contributed by atoms with Crippen LogP contribution in [0.25, 0.3) is 0 Å². The van der Waals surface area contributed by atoms with Crippen LogP contribution in [-0.2, 0) is 4.74 Å². The zero-order valence-corrected chi connectivity index (χ0v) is 6.41. The van der Waals surface area contributed by atoms with Crippen LogP contribution in [0, 0.1) is 0 Å². The van der Waals surface area contributed by atoms with Crippen molar-refractivity contribution in [2.24, 2.45) is 0 Å². The summed E-state index contributed by atoms with van der Waals surface area (Å²) < 4.78 is 4.97. The van der Waals surface area contributed by atoms with Crippen LogP contribution in [0.2, 0.25) is 0 Å². The molecule has 0 radical (unpaired) electrons. The highest BCUT2D eigenvalue weighted by Gasteiger charge is 2.02. The van der Waals surface area contributed by atoms with Gasteiger partial charge in [-0.3, -0.25) is 0 Å². The second-order valence-electron chi connectivity index (χ2n) is 2.09. The molecule has 0 aromatic heterocycles. The van der Waals surface area contributed by atoms with E-state index in [9.17, 15) is 4.79 Å². The van der Waals surface area contributed by atoms with E-state index in [0.29, 0.717) is 0 Å². The summed E-state index contributed by atoms with van der Waals surface area (Å²) in [6.07, 6.45) is -1.26. The predicted octanol–water partition coefficient (Wildman–Crippen LogP) is -0.349. The van der Waals surface area contributed by atoms with Crippen LogP contribution in [0.4, 0.5) is 4.79 Å². The molecule has 0 fully saturated rings. The first-order valence-electron chi connectivity index (χ1n) is 3.36. The number of nitrogens with one attached hydrogen (secondary N) is 1. The lowest BCUT2D eigenvalue weighted by Gasteiger charge is -2.10. The quantitative estimate of drug-likeness (QED) is 0.517. The second kappa shape index (κ2) is 5.94. The van der Waals surface area contributed by atoms with E-state index in [4.69, 9.17) is 14.9 Å². The van der Waals surface area contributed by atoms with Crippen molar-refractivity contribution in [1.82, 2.24) is 5.32 Å². The average molecular weight is 163 g/mol. The molecule has 11 heavy (non-hydrogen) atoms. The van der Waals surface area contributed by atoms with Gasteiger partial charge in [-0.25, -0.2) is 4.79 Å². The van der Waals surface area contributed by atoms with Crippen LogP contribution in [0.1, 0.15) is 6.92 Å². The summed E-state index contributed by atoms with van der Waals surface area (Å²) in [4.78, 5) is 9.96. The number of amides is 1. The molecule has 0 saturated heterocycles. The average Bonchev–Trinajstić information content (AvgIpc) is 1.97. The Morgan fingerprint density at radius 1 is 1.73 bits per heavy atom. The largest absolute Gasteiger partial charge is 0.465 e. The summed E-state index contributed by atoms with van der Waals surface area (Å²) in [7, 11) is 0. The molecule has 0 spiro atoms. The number of carboxylic acid groups (broad SMARTS) is 1. The minimum atomic E-state index is -1.07. The maximum Gasteiger partial charge on any atom is 0.404 e. The molecule has 3 N–H and O–H groups in total. The van der Waals surface area contributed by atoms with E-state index in [2.05, 4.69) is 5.32 Å². The molecule has 0 bridgehead atoms. The number of hydrogen-bond acceptors (Lipinski definition) is 3. The SMILES string of the molecule is CC(CNC(=O)O)OCCO. The zero-order chi connectivity index (χ0) is 8.69. The molecule has 1 amide bonds. The number of aliphatic hydroxyl groups excluding tert-OH is 1. The van der Waals surface area contributed by atoms with Crippen LogP contribution >= 0.6 is 0 Å². The Morgan fingerprint density at radius 3 is 2.82 bits per heavy atom. The van der Waals surface area contributed by atoms with Crippen LogP contribution in [0.3, 0.4) is 0 Å². The maximum atomic E-state index is 9.96. The molecule has 0 aliphatic carbocycles. The number of carbonyl (C=O) groups is 1. The van der Waals surface area contributed by atoms with Crippen LogP contribution < -0.4 is 5.32 Å². The Balaban J connectivity index is 3.22. The van der Waals surface area contributed by atoms with Crippen molar-refractivity contribution in [2.75, 3.05) is 19.8 Å². The van der Waals surface area contributed by atoms with Crippen molar-refractivity contribution >= 4 is 6.09 Å². The minimum Gasteiger partial charge on any atom is -0.465 e. The Bertz CT molecular complexity index is 117. The molecule has 5 nitrogen and oxygen atoms in total. The van der Waals surface area contributed by atoms with Gasteiger partial charge < -0.3 is 20.3 Å². The fourth-order valence-electron chi connectivity index (χ4n) is 0.544. The van der Waals surface area contributed by atoms with E-state index in [-0.39, 0.29) is 25.9 Å². The van der Waals surface area contributed by atoms with Crippen molar-refractivity contribution < 1.29 is 19.7 Å². The fourth-order valence-corrected chi connectivity index (χ4v) is 0.544. The van der Waals surface area contributed by atoms with Crippen LogP contribution in [0.15, 0.2) is 0 Å². The molecule has 0 heterocycles. The molecular formula is C6H13NO4. The van der Waals surface area contributed by atoms with Gasteiger partial charge in [-0.05, 0) is 6.92 Å². The molecule has 5 heteroatoms. The Kier molecular flexibility index (Phi) is 5.50. The van der Waals surface area contributed by atoms with Crippen molar-refractivity contribution in [3.8, 4) is 0 Å². The Morgan fingerprint density at radius 2 is 2.36 bits per heavy atom. The molecule has 66 valence electrons. The number of hydrogen-bond donors (Lipinski definition) is 3. The summed E-state index contributed by atoms with van der Waals surface area (Å²) in [6, 6.07) is 0. The Hall–Kier alpha value is -0.810. The van der Waals surface area contributed by atoms with Crippen molar-refractivity contribution in [1.29, 1.82) is 0 Å². The van der Waals surface area contributed by atoms with Crippen LogP contribution in [-0.4, -0.2) is 42.2 Å². The number of ether oxygens (including phenoxy) is 1. The number of aliphatic hydroxyl groups is 1. The third-order valence-electron chi connectivity index (χ3n) is 1.03. The normalized spacial score (nSPS) is 12.5. The van der Waals surface area contributed by atoms with Gasteiger partial charge in [0.25, 0.3) is 0 Å². The predicted molar refractivity (Wildman–Crippen MR) is 38.5 cm³/mol. The Labute approximate surface area is 65.0 Å². The molecule has 0 aromatic rings. The van der Waals surface area contributed by atoms with E-state index in [1.165, 1.54) is 0 Å². The molecule has 0 aliphatic rings. The molecule has 1 atom stereocenters. The fraction of sp³-hybridized carbons (Fsp3) is 0.833. The molecule has 0 rings (SSSR count). The lowest BCUT2D eigenvalue weighted by molar-refractivity contribution is 0.0396. The first-order valence-corrected chi connectivity index (χ1v) is 3.36. The van der Waals surface area contributed by atoms with Gasteiger partial charge >= 0.3 is 6.09 Å². The summed E-state index contributed by atoms with van der Waals surface area (Å²) in [5.41, 5.74) is 0.